The number of amides is 2. The molecule has 114 valence electrons. The number of hydrogen-bond donors (Lipinski definition) is 0. The quantitative estimate of drug-likeness (QED) is 0.618. The summed E-state index contributed by atoms with van der Waals surface area (Å²) in [5.74, 6) is -0.576. The predicted molar refractivity (Wildman–Crippen MR) is 79.5 cm³/mol. The van der Waals surface area contributed by atoms with Gasteiger partial charge in [0.2, 0.25) is 11.8 Å². The summed E-state index contributed by atoms with van der Waals surface area (Å²) in [7, 11) is 1.58. The normalized spacial score (nSPS) is 38.8. The highest BCUT2D eigenvalue weighted by molar-refractivity contribution is 6.23. The molecule has 0 saturated carbocycles. The molecule has 0 aromatic heterocycles. The van der Waals surface area contributed by atoms with Gasteiger partial charge in [0.25, 0.3) is 0 Å². The summed E-state index contributed by atoms with van der Waals surface area (Å²) in [5.41, 5.74) is -0.794. The van der Waals surface area contributed by atoms with Crippen LogP contribution in [0.4, 0.5) is 5.69 Å². The van der Waals surface area contributed by atoms with Crippen molar-refractivity contribution in [1.82, 2.24) is 0 Å². The zero-order chi connectivity index (χ0) is 15.7. The van der Waals surface area contributed by atoms with E-state index in [0.29, 0.717) is 11.4 Å². The van der Waals surface area contributed by atoms with Gasteiger partial charge in [0.1, 0.15) is 5.75 Å². The van der Waals surface area contributed by atoms with E-state index in [1.54, 1.807) is 31.4 Å². The number of imide groups is 1. The molecule has 3 aliphatic rings. The molecule has 2 amide bonds. The summed E-state index contributed by atoms with van der Waals surface area (Å²) in [6.07, 6.45) is 3.83. The van der Waals surface area contributed by atoms with E-state index in [9.17, 15) is 9.59 Å². The van der Waals surface area contributed by atoms with Gasteiger partial charge >= 0.3 is 0 Å². The lowest BCUT2D eigenvalue weighted by molar-refractivity contribution is -0.128. The number of hydrogen-bond acceptors (Lipinski definition) is 4. The molecule has 0 aliphatic carbocycles. The van der Waals surface area contributed by atoms with E-state index in [1.807, 2.05) is 26.0 Å². The lowest BCUT2D eigenvalue weighted by atomic mass is 9.73. The molecular weight excluding hydrogens is 282 g/mol. The molecule has 3 aliphatic heterocycles. The Bertz CT molecular complexity index is 674. The highest BCUT2D eigenvalue weighted by Crippen LogP contribution is 2.57. The van der Waals surface area contributed by atoms with E-state index >= 15 is 0 Å². The van der Waals surface area contributed by atoms with Crippen LogP contribution in [0.3, 0.4) is 0 Å². The Kier molecular flexibility index (Phi) is 2.45. The molecule has 1 aromatic carbocycles. The van der Waals surface area contributed by atoms with Crippen molar-refractivity contribution >= 4 is 17.5 Å². The average molecular weight is 299 g/mol. The Morgan fingerprint density at radius 1 is 1.00 bits per heavy atom. The highest BCUT2D eigenvalue weighted by Gasteiger charge is 2.70. The van der Waals surface area contributed by atoms with Gasteiger partial charge in [0.05, 0.1) is 35.8 Å². The van der Waals surface area contributed by atoms with E-state index in [-0.39, 0.29) is 11.8 Å². The fraction of sp³-hybridized carbons (Fsp3) is 0.412. The van der Waals surface area contributed by atoms with Crippen molar-refractivity contribution in [2.75, 3.05) is 12.0 Å². The van der Waals surface area contributed by atoms with Gasteiger partial charge in [-0.2, -0.15) is 0 Å². The van der Waals surface area contributed by atoms with Crippen LogP contribution >= 0.6 is 0 Å². The molecule has 4 rings (SSSR count). The predicted octanol–water partition coefficient (Wildman–Crippen LogP) is 1.92. The van der Waals surface area contributed by atoms with E-state index in [2.05, 4.69) is 0 Å². The molecular formula is C17H17NO4. The molecule has 2 fully saturated rings. The Labute approximate surface area is 128 Å². The van der Waals surface area contributed by atoms with Crippen molar-refractivity contribution in [3.8, 4) is 5.75 Å². The van der Waals surface area contributed by atoms with Crippen LogP contribution in [0, 0.1) is 11.8 Å². The minimum atomic E-state index is -0.687. The largest absolute Gasteiger partial charge is 0.497 e. The van der Waals surface area contributed by atoms with Gasteiger partial charge in [-0.05, 0) is 38.1 Å². The molecule has 0 radical (unpaired) electrons. The number of fused-ring (bicyclic) bond motifs is 5. The van der Waals surface area contributed by atoms with Gasteiger partial charge in [-0.1, -0.05) is 12.2 Å². The van der Waals surface area contributed by atoms with Crippen molar-refractivity contribution < 1.29 is 19.1 Å². The standard InChI is InChI=1S/C17H17NO4/c1-16-8-9-17(2,22-16)13-12(16)14(19)18(15(13)20)10-4-6-11(21-3)7-5-10/h4-9,12-13H,1-3H3/t12-,13-,16-,17+/m1/s1. The van der Waals surface area contributed by atoms with Crippen LogP contribution in [0.2, 0.25) is 0 Å². The van der Waals surface area contributed by atoms with Gasteiger partial charge in [-0.25, -0.2) is 4.90 Å². The first kappa shape index (κ1) is 13.5. The number of carbonyl (C=O) groups excluding carboxylic acids is 2. The lowest BCUT2D eigenvalue weighted by Crippen LogP contribution is -2.39. The summed E-state index contributed by atoms with van der Waals surface area (Å²) in [6.45, 7) is 3.75. The zero-order valence-electron chi connectivity index (χ0n) is 12.7. The van der Waals surface area contributed by atoms with Crippen LogP contribution in [0.1, 0.15) is 13.8 Å². The number of anilines is 1. The Balaban J connectivity index is 1.76. The molecule has 5 nitrogen and oxygen atoms in total. The zero-order valence-corrected chi connectivity index (χ0v) is 12.7. The number of nitrogens with zero attached hydrogens (tertiary/aromatic N) is 1. The topological polar surface area (TPSA) is 55.8 Å². The van der Waals surface area contributed by atoms with Gasteiger partial charge in [0.15, 0.2) is 0 Å². The first-order valence-corrected chi connectivity index (χ1v) is 7.32. The lowest BCUT2D eigenvalue weighted by Gasteiger charge is -2.25. The number of carbonyl (C=O) groups is 2. The first-order chi connectivity index (χ1) is 10.4. The SMILES string of the molecule is COc1ccc(N2C(=O)[C@H]3[C@H](C2=O)[C@]2(C)C=C[C@@]3(C)O2)cc1. The molecule has 0 spiro atoms. The highest BCUT2D eigenvalue weighted by atomic mass is 16.5. The van der Waals surface area contributed by atoms with Crippen molar-refractivity contribution in [1.29, 1.82) is 0 Å². The van der Waals surface area contributed by atoms with Crippen molar-refractivity contribution in [3.63, 3.8) is 0 Å². The van der Waals surface area contributed by atoms with Gasteiger partial charge in [-0.3, -0.25) is 9.59 Å². The third-order valence-corrected chi connectivity index (χ3v) is 5.06. The Morgan fingerprint density at radius 3 is 1.95 bits per heavy atom. The van der Waals surface area contributed by atoms with Crippen molar-refractivity contribution in [3.05, 3.63) is 36.4 Å². The molecule has 0 unspecified atom stereocenters. The summed E-state index contributed by atoms with van der Waals surface area (Å²) in [5, 5.41) is 0. The molecule has 2 saturated heterocycles. The van der Waals surface area contributed by atoms with Gasteiger partial charge in [-0.15, -0.1) is 0 Å². The smallest absolute Gasteiger partial charge is 0.241 e. The van der Waals surface area contributed by atoms with Crippen LogP contribution in [-0.2, 0) is 14.3 Å². The minimum absolute atomic E-state index is 0.184. The maximum absolute atomic E-state index is 12.8. The minimum Gasteiger partial charge on any atom is -0.497 e. The third kappa shape index (κ3) is 1.47. The summed E-state index contributed by atoms with van der Waals surface area (Å²) < 4.78 is 11.1. The van der Waals surface area contributed by atoms with Crippen molar-refractivity contribution in [2.45, 2.75) is 25.0 Å². The van der Waals surface area contributed by atoms with Crippen LogP contribution in [-0.4, -0.2) is 30.1 Å². The summed E-state index contributed by atoms with van der Waals surface area (Å²) in [4.78, 5) is 27.0. The second kappa shape index (κ2) is 3.98. The molecule has 3 heterocycles. The fourth-order valence-electron chi connectivity index (χ4n) is 4.02. The molecule has 2 bridgehead atoms. The second-order valence-corrected chi connectivity index (χ2v) is 6.47. The maximum Gasteiger partial charge on any atom is 0.241 e. The van der Waals surface area contributed by atoms with E-state index in [0.717, 1.165) is 0 Å². The van der Waals surface area contributed by atoms with E-state index < -0.39 is 23.0 Å². The summed E-state index contributed by atoms with van der Waals surface area (Å²) in [6, 6.07) is 6.96. The first-order valence-electron chi connectivity index (χ1n) is 7.32. The monoisotopic (exact) mass is 299 g/mol. The van der Waals surface area contributed by atoms with Crippen LogP contribution in [0.25, 0.3) is 0 Å². The third-order valence-electron chi connectivity index (χ3n) is 5.06. The molecule has 1 aromatic rings. The summed E-state index contributed by atoms with van der Waals surface area (Å²) >= 11 is 0. The number of ether oxygens (including phenoxy) is 2. The van der Waals surface area contributed by atoms with Gasteiger partial charge < -0.3 is 9.47 Å². The van der Waals surface area contributed by atoms with Crippen LogP contribution in [0.5, 0.6) is 5.75 Å². The van der Waals surface area contributed by atoms with Gasteiger partial charge in [0, 0.05) is 0 Å². The maximum atomic E-state index is 12.8. The average Bonchev–Trinajstić information content (AvgIpc) is 3.04. The van der Waals surface area contributed by atoms with E-state index in [1.165, 1.54) is 4.90 Å². The Morgan fingerprint density at radius 2 is 1.50 bits per heavy atom. The molecule has 4 atom stereocenters. The Hall–Kier alpha value is -2.14. The van der Waals surface area contributed by atoms with E-state index in [4.69, 9.17) is 9.47 Å². The number of methoxy groups -OCH3 is 1. The number of benzene rings is 1. The van der Waals surface area contributed by atoms with Crippen LogP contribution < -0.4 is 9.64 Å². The van der Waals surface area contributed by atoms with Crippen LogP contribution in [0.15, 0.2) is 36.4 Å². The number of rotatable bonds is 2. The second-order valence-electron chi connectivity index (χ2n) is 6.47. The molecule has 0 N–H and O–H groups in total. The molecule has 5 heteroatoms. The molecule has 22 heavy (non-hydrogen) atoms. The fourth-order valence-corrected chi connectivity index (χ4v) is 4.02. The van der Waals surface area contributed by atoms with Crippen molar-refractivity contribution in [2.24, 2.45) is 11.8 Å².